The van der Waals surface area contributed by atoms with Crippen LogP contribution in [-0.4, -0.2) is 0 Å². The van der Waals surface area contributed by atoms with Crippen LogP contribution < -0.4 is 5.73 Å². The molecule has 1 nitrogen and oxygen atoms in total. The van der Waals surface area contributed by atoms with E-state index in [2.05, 4.69) is 29.8 Å². The van der Waals surface area contributed by atoms with Gasteiger partial charge in [0.25, 0.3) is 0 Å². The lowest BCUT2D eigenvalue weighted by atomic mass is 9.97. The summed E-state index contributed by atoms with van der Waals surface area (Å²) < 4.78 is 14.2. The molecule has 1 saturated carbocycles. The van der Waals surface area contributed by atoms with Gasteiger partial charge in [-0.05, 0) is 33.8 Å². The minimum Gasteiger partial charge on any atom is -0.321 e. The van der Waals surface area contributed by atoms with Gasteiger partial charge in [-0.2, -0.15) is 0 Å². The van der Waals surface area contributed by atoms with E-state index in [4.69, 9.17) is 5.73 Å². The number of hydrogen-bond acceptors (Lipinski definition) is 1. The molecule has 0 radical (unpaired) electrons. The Hall–Kier alpha value is -0.410. The number of halogens is 2. The third kappa shape index (κ3) is 1.22. The van der Waals surface area contributed by atoms with Crippen molar-refractivity contribution in [3.8, 4) is 0 Å². The SMILES string of the molecule is CC1(C)CC1(N)c1cccc(Br)c1F. The second-order valence-corrected chi connectivity index (χ2v) is 5.49. The van der Waals surface area contributed by atoms with Gasteiger partial charge in [-0.15, -0.1) is 0 Å². The first kappa shape index (κ1) is 10.1. The summed E-state index contributed by atoms with van der Waals surface area (Å²) in [6.07, 6.45) is 0.841. The van der Waals surface area contributed by atoms with Gasteiger partial charge in [0.05, 0.1) is 4.47 Å². The van der Waals surface area contributed by atoms with Crippen LogP contribution in [-0.2, 0) is 5.54 Å². The van der Waals surface area contributed by atoms with Crippen molar-refractivity contribution in [1.82, 2.24) is 0 Å². The van der Waals surface area contributed by atoms with Crippen LogP contribution >= 0.6 is 15.9 Å². The minimum absolute atomic E-state index is 0.00856. The normalized spacial score (nSPS) is 28.9. The summed E-state index contributed by atoms with van der Waals surface area (Å²) in [5.41, 5.74) is 6.30. The third-order valence-corrected chi connectivity index (χ3v) is 3.85. The van der Waals surface area contributed by atoms with Gasteiger partial charge in [0.2, 0.25) is 0 Å². The number of nitrogens with two attached hydrogens (primary N) is 1. The summed E-state index contributed by atoms with van der Waals surface area (Å²) in [5.74, 6) is -0.222. The molecule has 0 aliphatic heterocycles. The Bertz CT molecular complexity index is 389. The molecule has 1 aliphatic carbocycles. The molecule has 0 amide bonds. The Morgan fingerprint density at radius 2 is 2.00 bits per heavy atom. The Labute approximate surface area is 91.6 Å². The van der Waals surface area contributed by atoms with E-state index in [1.807, 2.05) is 6.07 Å². The second kappa shape index (κ2) is 2.80. The zero-order chi connectivity index (χ0) is 10.6. The molecular weight excluding hydrogens is 245 g/mol. The maximum Gasteiger partial charge on any atom is 0.142 e. The van der Waals surface area contributed by atoms with Crippen LogP contribution in [0.2, 0.25) is 0 Å². The van der Waals surface area contributed by atoms with E-state index >= 15 is 0 Å². The van der Waals surface area contributed by atoms with Crippen LogP contribution in [0.1, 0.15) is 25.8 Å². The van der Waals surface area contributed by atoms with Gasteiger partial charge in [-0.25, -0.2) is 4.39 Å². The summed E-state index contributed by atoms with van der Waals surface area (Å²) >= 11 is 3.17. The third-order valence-electron chi connectivity index (χ3n) is 3.24. The highest BCUT2D eigenvalue weighted by atomic mass is 79.9. The van der Waals surface area contributed by atoms with Gasteiger partial charge in [0.15, 0.2) is 0 Å². The van der Waals surface area contributed by atoms with Crippen molar-refractivity contribution in [1.29, 1.82) is 0 Å². The summed E-state index contributed by atoms with van der Waals surface area (Å²) in [6, 6.07) is 5.29. The fraction of sp³-hybridized carbons (Fsp3) is 0.455. The van der Waals surface area contributed by atoms with Gasteiger partial charge in [-0.1, -0.05) is 26.0 Å². The lowest BCUT2D eigenvalue weighted by Crippen LogP contribution is -2.26. The van der Waals surface area contributed by atoms with Crippen molar-refractivity contribution in [2.75, 3.05) is 0 Å². The zero-order valence-corrected chi connectivity index (χ0v) is 9.86. The average Bonchev–Trinajstić information content (AvgIpc) is 2.58. The fourth-order valence-corrected chi connectivity index (χ4v) is 2.33. The van der Waals surface area contributed by atoms with E-state index < -0.39 is 5.54 Å². The van der Waals surface area contributed by atoms with Crippen molar-refractivity contribution in [2.24, 2.45) is 11.1 Å². The molecule has 1 atom stereocenters. The maximum atomic E-state index is 13.8. The van der Waals surface area contributed by atoms with Gasteiger partial charge in [0, 0.05) is 11.1 Å². The Morgan fingerprint density at radius 3 is 2.50 bits per heavy atom. The molecule has 0 saturated heterocycles. The standard InChI is InChI=1S/C11H13BrFN/c1-10(2)6-11(10,14)7-4-3-5-8(12)9(7)13/h3-5H,6,14H2,1-2H3. The molecule has 76 valence electrons. The lowest BCUT2D eigenvalue weighted by Gasteiger charge is -2.16. The highest BCUT2D eigenvalue weighted by Crippen LogP contribution is 2.60. The smallest absolute Gasteiger partial charge is 0.142 e. The van der Waals surface area contributed by atoms with Crippen molar-refractivity contribution < 1.29 is 4.39 Å². The van der Waals surface area contributed by atoms with Crippen molar-refractivity contribution >= 4 is 15.9 Å². The molecule has 3 heteroatoms. The Balaban J connectivity index is 2.49. The van der Waals surface area contributed by atoms with Crippen LogP contribution in [0.4, 0.5) is 4.39 Å². The van der Waals surface area contributed by atoms with Crippen molar-refractivity contribution in [2.45, 2.75) is 25.8 Å². The molecule has 1 fully saturated rings. The summed E-state index contributed by atoms with van der Waals surface area (Å²) in [5, 5.41) is 0. The first-order valence-corrected chi connectivity index (χ1v) is 5.41. The molecule has 0 spiro atoms. The maximum absolute atomic E-state index is 13.8. The van der Waals surface area contributed by atoms with E-state index in [-0.39, 0.29) is 11.2 Å². The molecule has 1 unspecified atom stereocenters. The molecule has 1 aromatic carbocycles. The molecule has 0 bridgehead atoms. The molecule has 1 aromatic rings. The van der Waals surface area contributed by atoms with Crippen LogP contribution in [0.5, 0.6) is 0 Å². The molecule has 14 heavy (non-hydrogen) atoms. The van der Waals surface area contributed by atoms with Gasteiger partial charge < -0.3 is 5.73 Å². The topological polar surface area (TPSA) is 26.0 Å². The van der Waals surface area contributed by atoms with Crippen molar-refractivity contribution in [3.63, 3.8) is 0 Å². The molecule has 2 rings (SSSR count). The predicted molar refractivity (Wildman–Crippen MR) is 58.4 cm³/mol. The van der Waals surface area contributed by atoms with E-state index in [0.717, 1.165) is 6.42 Å². The largest absolute Gasteiger partial charge is 0.321 e. The van der Waals surface area contributed by atoms with Crippen LogP contribution in [0.15, 0.2) is 22.7 Å². The summed E-state index contributed by atoms with van der Waals surface area (Å²) in [7, 11) is 0. The molecule has 2 N–H and O–H groups in total. The van der Waals surface area contributed by atoms with Gasteiger partial charge >= 0.3 is 0 Å². The summed E-state index contributed by atoms with van der Waals surface area (Å²) in [4.78, 5) is 0. The summed E-state index contributed by atoms with van der Waals surface area (Å²) in [6.45, 7) is 4.13. The highest BCUT2D eigenvalue weighted by molar-refractivity contribution is 9.10. The average molecular weight is 258 g/mol. The first-order chi connectivity index (χ1) is 6.38. The van der Waals surface area contributed by atoms with Crippen LogP contribution in [0, 0.1) is 11.2 Å². The van der Waals surface area contributed by atoms with Gasteiger partial charge in [-0.3, -0.25) is 0 Å². The molecule has 1 aliphatic rings. The van der Waals surface area contributed by atoms with Crippen molar-refractivity contribution in [3.05, 3.63) is 34.1 Å². The molecule has 0 heterocycles. The second-order valence-electron chi connectivity index (χ2n) is 4.63. The van der Waals surface area contributed by atoms with E-state index in [1.54, 1.807) is 12.1 Å². The Kier molecular flexibility index (Phi) is 2.02. The van der Waals surface area contributed by atoms with E-state index in [0.29, 0.717) is 10.0 Å². The van der Waals surface area contributed by atoms with Crippen LogP contribution in [0.3, 0.4) is 0 Å². The zero-order valence-electron chi connectivity index (χ0n) is 8.27. The fourth-order valence-electron chi connectivity index (χ4n) is 1.96. The monoisotopic (exact) mass is 257 g/mol. The lowest BCUT2D eigenvalue weighted by molar-refractivity contribution is 0.481. The number of rotatable bonds is 1. The van der Waals surface area contributed by atoms with E-state index in [1.165, 1.54) is 0 Å². The Morgan fingerprint density at radius 1 is 1.43 bits per heavy atom. The van der Waals surface area contributed by atoms with Gasteiger partial charge in [0.1, 0.15) is 5.82 Å². The van der Waals surface area contributed by atoms with E-state index in [9.17, 15) is 4.39 Å². The molecular formula is C11H13BrFN. The van der Waals surface area contributed by atoms with Crippen LogP contribution in [0.25, 0.3) is 0 Å². The molecule has 0 aromatic heterocycles. The predicted octanol–water partition coefficient (Wildman–Crippen LogP) is 3.17. The quantitative estimate of drug-likeness (QED) is 0.822. The number of benzene rings is 1. The highest BCUT2D eigenvalue weighted by Gasteiger charge is 2.60. The minimum atomic E-state index is -0.485. The first-order valence-electron chi connectivity index (χ1n) is 4.62. The number of hydrogen-bond donors (Lipinski definition) is 1.